The van der Waals surface area contributed by atoms with Crippen LogP contribution in [-0.4, -0.2) is 26.2 Å². The topological polar surface area (TPSA) is 88.4 Å². The molecule has 0 radical (unpaired) electrons. The van der Waals surface area contributed by atoms with Crippen LogP contribution < -0.4 is 10.6 Å². The lowest BCUT2D eigenvalue weighted by Crippen LogP contribution is -2.13. The predicted molar refractivity (Wildman–Crippen MR) is 89.2 cm³/mol. The van der Waals surface area contributed by atoms with Crippen molar-refractivity contribution in [3.05, 3.63) is 53.2 Å². The number of hydrogen-bond acceptors (Lipinski definition) is 4. The predicted octanol–water partition coefficient (Wildman–Crippen LogP) is 2.09. The summed E-state index contributed by atoms with van der Waals surface area (Å²) in [4.78, 5) is 32.6. The Bertz CT molecular complexity index is 1010. The number of aromatic nitrogens is 3. The molecule has 0 fully saturated rings. The second kappa shape index (κ2) is 5.16. The normalized spacial score (nSPS) is 13.0. The van der Waals surface area contributed by atoms with Gasteiger partial charge in [0.15, 0.2) is 11.3 Å². The van der Waals surface area contributed by atoms with E-state index in [0.717, 1.165) is 22.6 Å². The molecule has 4 rings (SSSR count). The minimum absolute atomic E-state index is 0.0382. The molecule has 0 saturated heterocycles. The Hall–Kier alpha value is -3.22. The van der Waals surface area contributed by atoms with Crippen LogP contribution in [0.25, 0.3) is 5.65 Å². The first kappa shape index (κ1) is 14.4. The van der Waals surface area contributed by atoms with Crippen molar-refractivity contribution in [3.8, 4) is 0 Å². The molecule has 2 aromatic heterocycles. The number of nitrogens with one attached hydrogen (secondary N) is 2. The number of carbonyl (C=O) groups excluding carboxylic acids is 2. The third-order valence-electron chi connectivity index (χ3n) is 4.03. The maximum atomic E-state index is 12.6. The molecular formula is C17H15N5O2. The number of rotatable bonds is 2. The number of imidazole rings is 1. The van der Waals surface area contributed by atoms with Crippen molar-refractivity contribution in [1.29, 1.82) is 0 Å². The zero-order valence-corrected chi connectivity index (χ0v) is 13.3. The number of aryl methyl sites for hydroxylation is 2. The van der Waals surface area contributed by atoms with Gasteiger partial charge in [-0.05, 0) is 43.7 Å². The Balaban J connectivity index is 1.66. The second-order valence-electron chi connectivity index (χ2n) is 5.88. The van der Waals surface area contributed by atoms with Crippen molar-refractivity contribution in [2.45, 2.75) is 20.3 Å². The number of hydrogen-bond donors (Lipinski definition) is 2. The number of carbonyl (C=O) groups is 2. The van der Waals surface area contributed by atoms with Gasteiger partial charge in [-0.15, -0.1) is 0 Å². The Kier molecular flexibility index (Phi) is 3.09. The second-order valence-corrected chi connectivity index (χ2v) is 5.88. The minimum atomic E-state index is -0.327. The molecule has 24 heavy (non-hydrogen) atoms. The van der Waals surface area contributed by atoms with Crippen molar-refractivity contribution >= 4 is 28.8 Å². The quantitative estimate of drug-likeness (QED) is 0.756. The van der Waals surface area contributed by atoms with E-state index in [0.29, 0.717) is 17.8 Å². The molecule has 2 amide bonds. The molecule has 2 N–H and O–H groups in total. The van der Waals surface area contributed by atoms with Crippen LogP contribution in [0.3, 0.4) is 0 Å². The third kappa shape index (κ3) is 2.30. The summed E-state index contributed by atoms with van der Waals surface area (Å²) in [6.07, 6.45) is 1.92. The van der Waals surface area contributed by atoms with Gasteiger partial charge in [-0.3, -0.25) is 14.0 Å². The fourth-order valence-electron chi connectivity index (χ4n) is 2.94. The number of benzene rings is 1. The minimum Gasteiger partial charge on any atom is -0.326 e. The molecular weight excluding hydrogens is 306 g/mol. The van der Waals surface area contributed by atoms with E-state index in [2.05, 4.69) is 20.6 Å². The number of fused-ring (bicyclic) bond motifs is 2. The van der Waals surface area contributed by atoms with Gasteiger partial charge in [0.05, 0.1) is 6.42 Å². The molecule has 0 bridgehead atoms. The Morgan fingerprint density at radius 3 is 2.96 bits per heavy atom. The van der Waals surface area contributed by atoms with E-state index in [-0.39, 0.29) is 17.5 Å². The Labute approximate surface area is 137 Å². The highest BCUT2D eigenvalue weighted by atomic mass is 16.2. The van der Waals surface area contributed by atoms with Gasteiger partial charge in [0.2, 0.25) is 5.91 Å². The summed E-state index contributed by atoms with van der Waals surface area (Å²) in [5.74, 6) is -0.365. The van der Waals surface area contributed by atoms with Gasteiger partial charge >= 0.3 is 0 Å². The molecule has 0 spiro atoms. The highest BCUT2D eigenvalue weighted by molar-refractivity contribution is 6.07. The molecule has 1 aliphatic rings. The fourth-order valence-corrected chi connectivity index (χ4v) is 2.94. The lowest BCUT2D eigenvalue weighted by Gasteiger charge is -2.06. The van der Waals surface area contributed by atoms with Gasteiger partial charge in [-0.25, -0.2) is 9.97 Å². The third-order valence-corrected chi connectivity index (χ3v) is 4.03. The maximum Gasteiger partial charge on any atom is 0.278 e. The van der Waals surface area contributed by atoms with Crippen LogP contribution in [0.4, 0.5) is 11.4 Å². The first-order valence-corrected chi connectivity index (χ1v) is 7.57. The van der Waals surface area contributed by atoms with Gasteiger partial charge in [-0.1, -0.05) is 0 Å². The smallest absolute Gasteiger partial charge is 0.278 e. The largest absolute Gasteiger partial charge is 0.326 e. The summed E-state index contributed by atoms with van der Waals surface area (Å²) in [6.45, 7) is 3.82. The van der Waals surface area contributed by atoms with Gasteiger partial charge in [0.25, 0.3) is 5.91 Å². The van der Waals surface area contributed by atoms with Gasteiger partial charge in [0.1, 0.15) is 6.33 Å². The van der Waals surface area contributed by atoms with E-state index in [1.165, 1.54) is 0 Å². The van der Waals surface area contributed by atoms with Crippen molar-refractivity contribution in [2.75, 3.05) is 10.6 Å². The molecule has 120 valence electrons. The van der Waals surface area contributed by atoms with E-state index >= 15 is 0 Å². The van der Waals surface area contributed by atoms with E-state index in [4.69, 9.17) is 0 Å². The first-order chi connectivity index (χ1) is 11.5. The highest BCUT2D eigenvalue weighted by Gasteiger charge is 2.20. The monoisotopic (exact) mass is 321 g/mol. The fraction of sp³-hybridized carbons (Fsp3) is 0.176. The van der Waals surface area contributed by atoms with Crippen LogP contribution in [0.15, 0.2) is 30.6 Å². The van der Waals surface area contributed by atoms with Crippen molar-refractivity contribution in [3.63, 3.8) is 0 Å². The molecule has 1 aliphatic heterocycles. The first-order valence-electron chi connectivity index (χ1n) is 7.57. The molecule has 3 aromatic rings. The summed E-state index contributed by atoms with van der Waals surface area (Å²) < 4.78 is 1.78. The summed E-state index contributed by atoms with van der Waals surface area (Å²) in [5, 5.41) is 5.59. The molecule has 0 saturated carbocycles. The summed E-state index contributed by atoms with van der Waals surface area (Å²) in [5.41, 5.74) is 4.89. The van der Waals surface area contributed by atoms with Gasteiger partial charge in [-0.2, -0.15) is 0 Å². The molecule has 0 aliphatic carbocycles. The standard InChI is InChI=1S/C17H15N5O2/c1-9-5-10(2)22-8-18-15(16(22)19-9)17(24)20-12-3-4-13-11(6-12)7-14(23)21-13/h3-6,8H,7H2,1-2H3,(H,20,24)(H,21,23). The van der Waals surface area contributed by atoms with Crippen LogP contribution in [-0.2, 0) is 11.2 Å². The van der Waals surface area contributed by atoms with Gasteiger partial charge in [0, 0.05) is 22.8 Å². The SMILES string of the molecule is Cc1cc(C)n2cnc(C(=O)Nc3ccc4c(c3)CC(=O)N4)c2n1. The Morgan fingerprint density at radius 1 is 1.29 bits per heavy atom. The molecule has 0 unspecified atom stereocenters. The van der Waals surface area contributed by atoms with Crippen LogP contribution in [0, 0.1) is 13.8 Å². The van der Waals surface area contributed by atoms with E-state index < -0.39 is 0 Å². The summed E-state index contributed by atoms with van der Waals surface area (Å²) in [7, 11) is 0. The van der Waals surface area contributed by atoms with Gasteiger partial charge < -0.3 is 10.6 Å². The van der Waals surface area contributed by atoms with Crippen molar-refractivity contribution in [1.82, 2.24) is 14.4 Å². The molecule has 3 heterocycles. The van der Waals surface area contributed by atoms with E-state index in [9.17, 15) is 9.59 Å². The highest BCUT2D eigenvalue weighted by Crippen LogP contribution is 2.26. The summed E-state index contributed by atoms with van der Waals surface area (Å²) >= 11 is 0. The van der Waals surface area contributed by atoms with Crippen molar-refractivity contribution < 1.29 is 9.59 Å². The molecule has 1 aromatic carbocycles. The van der Waals surface area contributed by atoms with Crippen LogP contribution in [0.1, 0.15) is 27.4 Å². The molecule has 7 nitrogen and oxygen atoms in total. The maximum absolute atomic E-state index is 12.6. The lowest BCUT2D eigenvalue weighted by atomic mass is 10.1. The van der Waals surface area contributed by atoms with Crippen LogP contribution >= 0.6 is 0 Å². The molecule has 7 heteroatoms. The molecule has 0 atom stereocenters. The number of anilines is 2. The van der Waals surface area contributed by atoms with Crippen LogP contribution in [0.2, 0.25) is 0 Å². The Morgan fingerprint density at radius 2 is 2.12 bits per heavy atom. The zero-order valence-electron chi connectivity index (χ0n) is 13.3. The number of nitrogens with zero attached hydrogens (tertiary/aromatic N) is 3. The van der Waals surface area contributed by atoms with Crippen LogP contribution in [0.5, 0.6) is 0 Å². The number of amides is 2. The average Bonchev–Trinajstić information content (AvgIpc) is 3.09. The summed E-state index contributed by atoms with van der Waals surface area (Å²) in [6, 6.07) is 7.27. The van der Waals surface area contributed by atoms with Crippen molar-refractivity contribution in [2.24, 2.45) is 0 Å². The average molecular weight is 321 g/mol. The zero-order chi connectivity index (χ0) is 16.8. The lowest BCUT2D eigenvalue weighted by molar-refractivity contribution is -0.115. The van der Waals surface area contributed by atoms with E-state index in [1.54, 1.807) is 28.9 Å². The van der Waals surface area contributed by atoms with E-state index in [1.807, 2.05) is 19.9 Å².